The van der Waals surface area contributed by atoms with Gasteiger partial charge in [-0.2, -0.15) is 0 Å². The van der Waals surface area contributed by atoms with Crippen LogP contribution in [0, 0.1) is 18.6 Å². The largest absolute Gasteiger partial charge is 0.385 e. The summed E-state index contributed by atoms with van der Waals surface area (Å²) in [6.07, 6.45) is -0.131. The van der Waals surface area contributed by atoms with E-state index in [2.05, 4.69) is 15.9 Å². The number of aryl methyl sites for hydroxylation is 1. The molecule has 0 fully saturated rings. The molecule has 0 spiro atoms. The van der Waals surface area contributed by atoms with Gasteiger partial charge in [-0.15, -0.1) is 0 Å². The van der Waals surface area contributed by atoms with Gasteiger partial charge in [-0.1, -0.05) is 29.8 Å². The molecule has 106 valence electrons. The van der Waals surface area contributed by atoms with Crippen LogP contribution in [-0.4, -0.2) is 5.11 Å². The van der Waals surface area contributed by atoms with Crippen LogP contribution in [-0.2, 0) is 12.0 Å². The highest BCUT2D eigenvalue weighted by molar-refractivity contribution is 9.10. The molecule has 0 amide bonds. The molecule has 1 unspecified atom stereocenters. The zero-order chi connectivity index (χ0) is 14.9. The maximum absolute atomic E-state index is 14.0. The van der Waals surface area contributed by atoms with Gasteiger partial charge in [-0.3, -0.25) is 0 Å². The molecule has 2 aromatic rings. The Morgan fingerprint density at radius 1 is 1.20 bits per heavy atom. The minimum absolute atomic E-state index is 0.120. The minimum Gasteiger partial charge on any atom is -0.385 e. The van der Waals surface area contributed by atoms with E-state index in [4.69, 9.17) is 0 Å². The van der Waals surface area contributed by atoms with Gasteiger partial charge in [0.2, 0.25) is 0 Å². The van der Waals surface area contributed by atoms with Crippen LogP contribution in [0.2, 0.25) is 0 Å². The molecule has 2 aromatic carbocycles. The summed E-state index contributed by atoms with van der Waals surface area (Å²) in [5.41, 5.74) is 0.161. The van der Waals surface area contributed by atoms with Crippen LogP contribution in [0.4, 0.5) is 8.78 Å². The monoisotopic (exact) mass is 340 g/mol. The lowest BCUT2D eigenvalue weighted by Crippen LogP contribution is -2.25. The van der Waals surface area contributed by atoms with Crippen molar-refractivity contribution in [3.8, 4) is 0 Å². The van der Waals surface area contributed by atoms with Gasteiger partial charge in [0.25, 0.3) is 0 Å². The van der Waals surface area contributed by atoms with Gasteiger partial charge >= 0.3 is 0 Å². The summed E-state index contributed by atoms with van der Waals surface area (Å²) < 4.78 is 28.0. The molecule has 4 heteroatoms. The highest BCUT2D eigenvalue weighted by atomic mass is 79.9. The van der Waals surface area contributed by atoms with E-state index in [0.717, 1.165) is 5.56 Å². The molecule has 0 aliphatic carbocycles. The topological polar surface area (TPSA) is 20.2 Å². The summed E-state index contributed by atoms with van der Waals surface area (Å²) in [6, 6.07) is 9.78. The maximum atomic E-state index is 14.0. The fraction of sp³-hybridized carbons (Fsp3) is 0.250. The number of benzene rings is 2. The summed E-state index contributed by atoms with van der Waals surface area (Å²) in [6.45, 7) is 3.46. The van der Waals surface area contributed by atoms with E-state index in [1.54, 1.807) is 13.0 Å². The third-order valence-electron chi connectivity index (χ3n) is 3.30. The van der Waals surface area contributed by atoms with E-state index < -0.39 is 17.2 Å². The maximum Gasteiger partial charge on any atom is 0.143 e. The van der Waals surface area contributed by atoms with Crippen molar-refractivity contribution in [1.29, 1.82) is 0 Å². The van der Waals surface area contributed by atoms with Crippen molar-refractivity contribution in [3.05, 3.63) is 69.2 Å². The Hall–Kier alpha value is -1.26. The second kappa shape index (κ2) is 5.62. The van der Waals surface area contributed by atoms with Crippen LogP contribution < -0.4 is 0 Å². The fourth-order valence-electron chi connectivity index (χ4n) is 2.16. The number of halogens is 3. The third-order valence-corrected chi connectivity index (χ3v) is 3.91. The average molecular weight is 341 g/mol. The first kappa shape index (κ1) is 15.1. The van der Waals surface area contributed by atoms with E-state index in [-0.39, 0.29) is 16.5 Å². The lowest BCUT2D eigenvalue weighted by Gasteiger charge is -2.25. The van der Waals surface area contributed by atoms with E-state index in [9.17, 15) is 13.9 Å². The highest BCUT2D eigenvalue weighted by Crippen LogP contribution is 2.30. The van der Waals surface area contributed by atoms with Crippen molar-refractivity contribution >= 4 is 15.9 Å². The highest BCUT2D eigenvalue weighted by Gasteiger charge is 2.27. The number of hydrogen-bond donors (Lipinski definition) is 1. The van der Waals surface area contributed by atoms with E-state index >= 15 is 0 Å². The van der Waals surface area contributed by atoms with Gasteiger partial charge < -0.3 is 5.11 Å². The molecule has 0 aliphatic heterocycles. The SMILES string of the molecule is Cc1cccc(C(C)(O)Cc2c(F)ccc(Br)c2F)c1. The van der Waals surface area contributed by atoms with E-state index in [0.29, 0.717) is 5.56 Å². The third kappa shape index (κ3) is 3.07. The van der Waals surface area contributed by atoms with Crippen LogP contribution in [0.5, 0.6) is 0 Å². The summed E-state index contributed by atoms with van der Waals surface area (Å²) >= 11 is 3.03. The van der Waals surface area contributed by atoms with Gasteiger partial charge in [0.1, 0.15) is 11.6 Å². The molecule has 0 radical (unpaired) electrons. The Morgan fingerprint density at radius 2 is 1.90 bits per heavy atom. The number of aliphatic hydroxyl groups is 1. The first-order chi connectivity index (χ1) is 9.31. The molecular formula is C16H15BrF2O. The molecule has 1 nitrogen and oxygen atoms in total. The zero-order valence-electron chi connectivity index (χ0n) is 11.3. The average Bonchev–Trinajstić information content (AvgIpc) is 2.39. The summed E-state index contributed by atoms with van der Waals surface area (Å²) in [5.74, 6) is -1.32. The van der Waals surface area contributed by atoms with E-state index in [1.165, 1.54) is 12.1 Å². The lowest BCUT2D eigenvalue weighted by atomic mass is 9.88. The Labute approximate surface area is 125 Å². The van der Waals surface area contributed by atoms with Gasteiger partial charge in [0.15, 0.2) is 0 Å². The Bertz CT molecular complexity index is 638. The summed E-state index contributed by atoms with van der Waals surface area (Å²) in [4.78, 5) is 0. The Kier molecular flexibility index (Phi) is 4.25. The van der Waals surface area contributed by atoms with Crippen LogP contribution in [0.1, 0.15) is 23.6 Å². The standard InChI is InChI=1S/C16H15BrF2O/c1-10-4-3-5-11(8-10)16(2,20)9-12-14(18)7-6-13(17)15(12)19/h3-8,20H,9H2,1-2H3. The molecular weight excluding hydrogens is 326 g/mol. The van der Waals surface area contributed by atoms with Crippen molar-refractivity contribution < 1.29 is 13.9 Å². The van der Waals surface area contributed by atoms with Crippen LogP contribution in [0.15, 0.2) is 40.9 Å². The summed E-state index contributed by atoms with van der Waals surface area (Å²) in [5, 5.41) is 10.6. The smallest absolute Gasteiger partial charge is 0.143 e. The van der Waals surface area contributed by atoms with Crippen molar-refractivity contribution in [2.75, 3.05) is 0 Å². The predicted molar refractivity (Wildman–Crippen MR) is 78.5 cm³/mol. The molecule has 1 N–H and O–H groups in total. The number of hydrogen-bond acceptors (Lipinski definition) is 1. The van der Waals surface area contributed by atoms with Crippen molar-refractivity contribution in [1.82, 2.24) is 0 Å². The fourth-order valence-corrected chi connectivity index (χ4v) is 2.53. The molecule has 0 bridgehead atoms. The van der Waals surface area contributed by atoms with Crippen LogP contribution in [0.25, 0.3) is 0 Å². The van der Waals surface area contributed by atoms with Crippen molar-refractivity contribution in [2.24, 2.45) is 0 Å². The molecule has 0 aliphatic rings. The van der Waals surface area contributed by atoms with Gasteiger partial charge in [-0.05, 0) is 47.5 Å². The Morgan fingerprint density at radius 3 is 2.55 bits per heavy atom. The van der Waals surface area contributed by atoms with Crippen molar-refractivity contribution in [3.63, 3.8) is 0 Å². The Balaban J connectivity index is 2.40. The van der Waals surface area contributed by atoms with E-state index in [1.807, 2.05) is 25.1 Å². The van der Waals surface area contributed by atoms with Crippen LogP contribution in [0.3, 0.4) is 0 Å². The minimum atomic E-state index is -1.34. The zero-order valence-corrected chi connectivity index (χ0v) is 12.8. The first-order valence-corrected chi connectivity index (χ1v) is 7.02. The quantitative estimate of drug-likeness (QED) is 0.816. The first-order valence-electron chi connectivity index (χ1n) is 6.23. The van der Waals surface area contributed by atoms with Crippen LogP contribution >= 0.6 is 15.9 Å². The van der Waals surface area contributed by atoms with Gasteiger partial charge in [0.05, 0.1) is 10.1 Å². The molecule has 1 atom stereocenters. The second-order valence-electron chi connectivity index (χ2n) is 5.14. The van der Waals surface area contributed by atoms with Gasteiger partial charge in [-0.25, -0.2) is 8.78 Å². The normalized spacial score (nSPS) is 14.1. The second-order valence-corrected chi connectivity index (χ2v) is 6.00. The lowest BCUT2D eigenvalue weighted by molar-refractivity contribution is 0.0556. The molecule has 0 saturated carbocycles. The summed E-state index contributed by atoms with van der Waals surface area (Å²) in [7, 11) is 0. The molecule has 0 aromatic heterocycles. The molecule has 0 saturated heterocycles. The molecule has 2 rings (SSSR count). The predicted octanol–water partition coefficient (Wildman–Crippen LogP) is 4.49. The van der Waals surface area contributed by atoms with Crippen molar-refractivity contribution in [2.45, 2.75) is 25.9 Å². The van der Waals surface area contributed by atoms with Gasteiger partial charge in [0, 0.05) is 12.0 Å². The molecule has 20 heavy (non-hydrogen) atoms. The molecule has 0 heterocycles. The number of rotatable bonds is 3.